The van der Waals surface area contributed by atoms with Crippen molar-refractivity contribution in [2.45, 2.75) is 25.8 Å². The highest BCUT2D eigenvalue weighted by atomic mass is 35.5. The smallest absolute Gasteiger partial charge is 0.259 e. The number of pyridine rings is 1. The number of hydrogen-bond acceptors (Lipinski definition) is 6. The minimum Gasteiger partial charge on any atom is -0.495 e. The number of halogens is 1. The van der Waals surface area contributed by atoms with Crippen molar-refractivity contribution >= 4 is 45.4 Å². The number of thiophene rings is 1. The van der Waals surface area contributed by atoms with E-state index in [-0.39, 0.29) is 18.4 Å². The molecule has 0 radical (unpaired) electrons. The molecule has 166 valence electrons. The van der Waals surface area contributed by atoms with Crippen molar-refractivity contribution in [2.24, 2.45) is 0 Å². The first-order valence-electron chi connectivity index (χ1n) is 10.2. The van der Waals surface area contributed by atoms with Crippen molar-refractivity contribution in [1.29, 1.82) is 0 Å². The zero-order chi connectivity index (χ0) is 22.5. The maximum absolute atomic E-state index is 13.2. The van der Waals surface area contributed by atoms with Gasteiger partial charge in [-0.2, -0.15) is 0 Å². The van der Waals surface area contributed by atoms with Crippen LogP contribution in [0.15, 0.2) is 42.6 Å². The monoisotopic (exact) mass is 470 g/mol. The van der Waals surface area contributed by atoms with Crippen molar-refractivity contribution in [1.82, 2.24) is 10.3 Å². The molecule has 32 heavy (non-hydrogen) atoms. The number of benzene rings is 1. The zero-order valence-corrected chi connectivity index (χ0v) is 19.1. The van der Waals surface area contributed by atoms with Gasteiger partial charge in [-0.1, -0.05) is 17.7 Å². The molecule has 0 bridgehead atoms. The average Bonchev–Trinajstić information content (AvgIpc) is 3.35. The van der Waals surface area contributed by atoms with Crippen molar-refractivity contribution in [3.63, 3.8) is 0 Å². The molecule has 7 nitrogen and oxygen atoms in total. The van der Waals surface area contributed by atoms with Gasteiger partial charge in [0.1, 0.15) is 10.8 Å². The summed E-state index contributed by atoms with van der Waals surface area (Å²) in [4.78, 5) is 31.2. The van der Waals surface area contributed by atoms with Gasteiger partial charge in [0.2, 0.25) is 5.91 Å². The Bertz CT molecular complexity index is 1130. The van der Waals surface area contributed by atoms with Crippen LogP contribution in [0.2, 0.25) is 5.02 Å². The van der Waals surface area contributed by atoms with E-state index in [1.807, 2.05) is 18.2 Å². The number of fused-ring (bicyclic) bond motifs is 1. The first-order chi connectivity index (χ1) is 15.5. The van der Waals surface area contributed by atoms with Crippen LogP contribution in [0.25, 0.3) is 0 Å². The van der Waals surface area contributed by atoms with Crippen molar-refractivity contribution < 1.29 is 14.3 Å². The van der Waals surface area contributed by atoms with Gasteiger partial charge in [-0.3, -0.25) is 14.6 Å². The Labute approximate surface area is 195 Å². The van der Waals surface area contributed by atoms with Crippen LogP contribution in [-0.2, 0) is 24.2 Å². The van der Waals surface area contributed by atoms with E-state index in [0.717, 1.165) is 35.4 Å². The van der Waals surface area contributed by atoms with Gasteiger partial charge in [0.05, 0.1) is 30.6 Å². The number of nitrogens with zero attached hydrogens (tertiary/aromatic N) is 1. The van der Waals surface area contributed by atoms with Crippen LogP contribution in [-0.4, -0.2) is 30.5 Å². The standard InChI is InChI=1S/C23H23ClN4O3S/c1-31-18-9-8-14(24)11-17(18)27-22(30)21-16-6-4-7-19(16)32-23(21)28-20(29)13-25-12-15-5-2-3-10-26-15/h2-3,5,8-11,25H,4,6-7,12-13H2,1H3,(H,27,30)(H,28,29). The molecule has 0 aliphatic heterocycles. The summed E-state index contributed by atoms with van der Waals surface area (Å²) in [5.41, 5.74) is 2.86. The van der Waals surface area contributed by atoms with Crippen LogP contribution in [0.1, 0.15) is 32.9 Å². The molecule has 2 heterocycles. The van der Waals surface area contributed by atoms with Crippen molar-refractivity contribution in [2.75, 3.05) is 24.3 Å². The summed E-state index contributed by atoms with van der Waals surface area (Å²) >= 11 is 7.56. The molecule has 1 aliphatic rings. The number of aryl methyl sites for hydroxylation is 1. The Hall–Kier alpha value is -2.94. The number of carbonyl (C=O) groups is 2. The predicted molar refractivity (Wildman–Crippen MR) is 127 cm³/mol. The molecule has 3 aromatic rings. The second-order valence-electron chi connectivity index (χ2n) is 7.33. The Morgan fingerprint density at radius 3 is 2.84 bits per heavy atom. The summed E-state index contributed by atoms with van der Waals surface area (Å²) in [6, 6.07) is 10.7. The van der Waals surface area contributed by atoms with Crippen LogP contribution >= 0.6 is 22.9 Å². The van der Waals surface area contributed by atoms with Gasteiger partial charge in [0.15, 0.2) is 0 Å². The van der Waals surface area contributed by atoms with Crippen LogP contribution in [0, 0.1) is 0 Å². The fourth-order valence-corrected chi connectivity index (χ4v) is 5.15. The lowest BCUT2D eigenvalue weighted by Gasteiger charge is -2.12. The SMILES string of the molecule is COc1ccc(Cl)cc1NC(=O)c1c(NC(=O)CNCc2ccccn2)sc2c1CCC2. The largest absolute Gasteiger partial charge is 0.495 e. The highest BCUT2D eigenvalue weighted by molar-refractivity contribution is 7.17. The molecule has 0 unspecified atom stereocenters. The number of amides is 2. The minimum atomic E-state index is -0.290. The summed E-state index contributed by atoms with van der Waals surface area (Å²) < 4.78 is 5.33. The van der Waals surface area contributed by atoms with Crippen molar-refractivity contribution in [3.8, 4) is 5.75 Å². The third-order valence-electron chi connectivity index (χ3n) is 5.13. The lowest BCUT2D eigenvalue weighted by molar-refractivity contribution is -0.115. The van der Waals surface area contributed by atoms with E-state index < -0.39 is 0 Å². The quantitative estimate of drug-likeness (QED) is 0.457. The molecular weight excluding hydrogens is 448 g/mol. The number of nitrogens with one attached hydrogen (secondary N) is 3. The van der Waals surface area contributed by atoms with Gasteiger partial charge in [0.25, 0.3) is 5.91 Å². The maximum atomic E-state index is 13.2. The first kappa shape index (κ1) is 22.3. The first-order valence-corrected chi connectivity index (χ1v) is 11.4. The van der Waals surface area contributed by atoms with Gasteiger partial charge in [0, 0.05) is 22.6 Å². The lowest BCUT2D eigenvalue weighted by atomic mass is 10.1. The molecule has 0 atom stereocenters. The summed E-state index contributed by atoms with van der Waals surface area (Å²) in [7, 11) is 1.53. The fraction of sp³-hybridized carbons (Fsp3) is 0.261. The summed E-state index contributed by atoms with van der Waals surface area (Å²) in [6.45, 7) is 0.597. The Morgan fingerprint density at radius 2 is 2.06 bits per heavy atom. The Morgan fingerprint density at radius 1 is 1.19 bits per heavy atom. The molecule has 2 amide bonds. The fourth-order valence-electron chi connectivity index (χ4n) is 3.67. The molecule has 1 aromatic carbocycles. The maximum Gasteiger partial charge on any atom is 0.259 e. The van der Waals surface area contributed by atoms with E-state index in [1.165, 1.54) is 18.4 Å². The third kappa shape index (κ3) is 5.09. The molecule has 0 spiro atoms. The van der Waals surface area contributed by atoms with Crippen LogP contribution in [0.5, 0.6) is 5.75 Å². The number of rotatable bonds is 8. The molecule has 9 heteroatoms. The lowest BCUT2D eigenvalue weighted by Crippen LogP contribution is -2.28. The molecule has 4 rings (SSSR count). The third-order valence-corrected chi connectivity index (χ3v) is 6.57. The molecule has 0 saturated heterocycles. The molecule has 1 aliphatic carbocycles. The molecular formula is C23H23ClN4O3S. The Kier molecular flexibility index (Phi) is 7.04. The number of carbonyl (C=O) groups excluding carboxylic acids is 2. The topological polar surface area (TPSA) is 92.4 Å². The summed E-state index contributed by atoms with van der Waals surface area (Å²) in [5.74, 6) is 0.0101. The highest BCUT2D eigenvalue weighted by Gasteiger charge is 2.28. The zero-order valence-electron chi connectivity index (χ0n) is 17.5. The minimum absolute atomic E-state index is 0.113. The summed E-state index contributed by atoms with van der Waals surface area (Å²) in [6.07, 6.45) is 4.44. The molecule has 0 fully saturated rings. The van der Waals surface area contributed by atoms with E-state index >= 15 is 0 Å². The molecule has 0 saturated carbocycles. The number of anilines is 2. The highest BCUT2D eigenvalue weighted by Crippen LogP contribution is 2.40. The summed E-state index contributed by atoms with van der Waals surface area (Å²) in [5, 5.41) is 9.94. The van der Waals surface area contributed by atoms with Gasteiger partial charge < -0.3 is 20.7 Å². The van der Waals surface area contributed by atoms with Crippen LogP contribution in [0.4, 0.5) is 10.7 Å². The van der Waals surface area contributed by atoms with Gasteiger partial charge in [-0.25, -0.2) is 0 Å². The molecule has 3 N–H and O–H groups in total. The van der Waals surface area contributed by atoms with Gasteiger partial charge in [-0.15, -0.1) is 11.3 Å². The van der Waals surface area contributed by atoms with Crippen LogP contribution in [0.3, 0.4) is 0 Å². The van der Waals surface area contributed by atoms with Gasteiger partial charge >= 0.3 is 0 Å². The predicted octanol–water partition coefficient (Wildman–Crippen LogP) is 4.27. The normalized spacial score (nSPS) is 12.3. The van der Waals surface area contributed by atoms with E-state index in [2.05, 4.69) is 20.9 Å². The van der Waals surface area contributed by atoms with E-state index in [4.69, 9.17) is 16.3 Å². The van der Waals surface area contributed by atoms with Gasteiger partial charge in [-0.05, 0) is 55.2 Å². The number of hydrogen-bond donors (Lipinski definition) is 3. The second kappa shape index (κ2) is 10.1. The van der Waals surface area contributed by atoms with Crippen LogP contribution < -0.4 is 20.7 Å². The Balaban J connectivity index is 1.47. The average molecular weight is 471 g/mol. The van der Waals surface area contributed by atoms with Crippen molar-refractivity contribution in [3.05, 3.63) is 69.3 Å². The second-order valence-corrected chi connectivity index (χ2v) is 8.87. The number of ether oxygens (including phenoxy) is 1. The van der Waals surface area contributed by atoms with E-state index in [0.29, 0.717) is 33.6 Å². The molecule has 2 aromatic heterocycles. The van der Waals surface area contributed by atoms with E-state index in [9.17, 15) is 9.59 Å². The number of aromatic nitrogens is 1. The number of methoxy groups -OCH3 is 1. The van der Waals surface area contributed by atoms with E-state index in [1.54, 1.807) is 24.4 Å².